The average molecular weight is 632 g/mol. The molecule has 0 bridgehead atoms. The Balaban J connectivity index is 1.04. The zero-order valence-corrected chi connectivity index (χ0v) is 26.4. The lowest BCUT2D eigenvalue weighted by Crippen LogP contribution is -1.95. The lowest BCUT2D eigenvalue weighted by molar-refractivity contribution is 0.669. The van der Waals surface area contributed by atoms with Gasteiger partial charge in [0.15, 0.2) is 11.4 Å². The number of aromatic nitrogens is 3. The number of benzene rings is 6. The molecule has 0 fully saturated rings. The summed E-state index contributed by atoms with van der Waals surface area (Å²) in [5.74, 6) is 0.715. The second-order valence-electron chi connectivity index (χ2n) is 12.0. The van der Waals surface area contributed by atoms with Gasteiger partial charge in [0.2, 0.25) is 0 Å². The van der Waals surface area contributed by atoms with Crippen LogP contribution in [0.1, 0.15) is 0 Å². The van der Waals surface area contributed by atoms with Gasteiger partial charge in [-0.2, -0.15) is 0 Å². The summed E-state index contributed by atoms with van der Waals surface area (Å²) in [7, 11) is 0. The van der Waals surface area contributed by atoms with E-state index in [-0.39, 0.29) is 0 Å². The van der Waals surface area contributed by atoms with Crippen molar-refractivity contribution in [3.05, 3.63) is 152 Å². The van der Waals surface area contributed by atoms with Crippen LogP contribution in [0.5, 0.6) is 0 Å². The van der Waals surface area contributed by atoms with Crippen molar-refractivity contribution in [2.24, 2.45) is 0 Å². The van der Waals surface area contributed by atoms with Gasteiger partial charge in [-0.15, -0.1) is 11.3 Å². The molecule has 0 radical (unpaired) electrons. The number of furan rings is 1. The van der Waals surface area contributed by atoms with E-state index in [2.05, 4.69) is 109 Å². The Labute approximate surface area is 279 Å². The molecular weight excluding hydrogens is 607 g/mol. The molecule has 0 saturated heterocycles. The summed E-state index contributed by atoms with van der Waals surface area (Å²) in [6.07, 6.45) is 0. The number of thiophene rings is 1. The van der Waals surface area contributed by atoms with Crippen molar-refractivity contribution in [2.45, 2.75) is 0 Å². The molecule has 0 N–H and O–H groups in total. The Morgan fingerprint density at radius 3 is 1.83 bits per heavy atom. The van der Waals surface area contributed by atoms with Crippen molar-refractivity contribution >= 4 is 64.5 Å². The Bertz CT molecular complexity index is 2820. The van der Waals surface area contributed by atoms with Crippen LogP contribution in [0.4, 0.5) is 0 Å². The summed E-state index contributed by atoms with van der Waals surface area (Å²) in [4.78, 5) is 15.2. The molecule has 5 heteroatoms. The molecule has 0 aliphatic carbocycles. The van der Waals surface area contributed by atoms with Crippen LogP contribution >= 0.6 is 11.3 Å². The van der Waals surface area contributed by atoms with Gasteiger partial charge in [0.05, 0.1) is 21.4 Å². The molecule has 48 heavy (non-hydrogen) atoms. The zero-order chi connectivity index (χ0) is 31.6. The molecule has 4 heterocycles. The molecule has 10 aromatic rings. The van der Waals surface area contributed by atoms with E-state index in [9.17, 15) is 0 Å². The lowest BCUT2D eigenvalue weighted by atomic mass is 10.00. The zero-order valence-electron chi connectivity index (χ0n) is 25.6. The maximum atomic E-state index is 6.51. The quantitative estimate of drug-likeness (QED) is 0.194. The van der Waals surface area contributed by atoms with Crippen molar-refractivity contribution in [3.8, 4) is 45.0 Å². The number of hydrogen-bond acceptors (Lipinski definition) is 5. The van der Waals surface area contributed by atoms with Gasteiger partial charge < -0.3 is 4.42 Å². The van der Waals surface area contributed by atoms with Crippen LogP contribution in [0.3, 0.4) is 0 Å². The Kier molecular flexibility index (Phi) is 6.01. The first kappa shape index (κ1) is 27.0. The average Bonchev–Trinajstić information content (AvgIpc) is 3.73. The predicted octanol–water partition coefficient (Wildman–Crippen LogP) is 12.0. The molecule has 0 spiro atoms. The lowest BCUT2D eigenvalue weighted by Gasteiger charge is -2.10. The minimum Gasteiger partial charge on any atom is -0.454 e. The second kappa shape index (κ2) is 10.7. The summed E-state index contributed by atoms with van der Waals surface area (Å²) in [5, 5.41) is 4.48. The molecule has 4 nitrogen and oxygen atoms in total. The third-order valence-corrected chi connectivity index (χ3v) is 10.3. The van der Waals surface area contributed by atoms with E-state index in [0.717, 1.165) is 77.6 Å². The number of para-hydroxylation sites is 2. The topological polar surface area (TPSA) is 51.8 Å². The highest BCUT2D eigenvalue weighted by molar-refractivity contribution is 7.26. The Morgan fingerprint density at radius 1 is 0.438 bits per heavy atom. The van der Waals surface area contributed by atoms with Gasteiger partial charge in [-0.1, -0.05) is 133 Å². The first-order valence-corrected chi connectivity index (χ1v) is 16.8. The van der Waals surface area contributed by atoms with Gasteiger partial charge in [-0.05, 0) is 29.3 Å². The van der Waals surface area contributed by atoms with Crippen LogP contribution < -0.4 is 0 Å². The van der Waals surface area contributed by atoms with Crippen molar-refractivity contribution in [1.82, 2.24) is 15.0 Å². The highest BCUT2D eigenvalue weighted by atomic mass is 32.1. The fraction of sp³-hybridized carbons (Fsp3) is 0. The summed E-state index contributed by atoms with van der Waals surface area (Å²) in [6.45, 7) is 0. The van der Waals surface area contributed by atoms with Gasteiger partial charge in [0, 0.05) is 42.9 Å². The van der Waals surface area contributed by atoms with Crippen LogP contribution in [0.15, 0.2) is 156 Å². The third-order valence-electron chi connectivity index (χ3n) is 9.12. The van der Waals surface area contributed by atoms with Gasteiger partial charge in [-0.25, -0.2) is 15.0 Å². The van der Waals surface area contributed by atoms with E-state index < -0.39 is 0 Å². The van der Waals surface area contributed by atoms with Crippen LogP contribution in [0.2, 0.25) is 0 Å². The first-order chi connectivity index (χ1) is 23.8. The van der Waals surface area contributed by atoms with Gasteiger partial charge >= 0.3 is 0 Å². The Morgan fingerprint density at radius 2 is 1.04 bits per heavy atom. The molecule has 6 aromatic carbocycles. The molecule has 0 amide bonds. The number of hydrogen-bond donors (Lipinski definition) is 0. The highest BCUT2D eigenvalue weighted by Crippen LogP contribution is 2.44. The normalized spacial score (nSPS) is 11.8. The van der Waals surface area contributed by atoms with E-state index in [0.29, 0.717) is 5.82 Å². The van der Waals surface area contributed by atoms with E-state index >= 15 is 0 Å². The van der Waals surface area contributed by atoms with Gasteiger partial charge in [0.1, 0.15) is 11.3 Å². The Hall–Kier alpha value is -6.17. The van der Waals surface area contributed by atoms with Crippen LogP contribution in [0, 0.1) is 0 Å². The number of rotatable bonds is 4. The van der Waals surface area contributed by atoms with Gasteiger partial charge in [0.25, 0.3) is 0 Å². The standard InChI is InChI=1S/C43H25N3OS/c1-2-10-28(11-3-1)38-31-12-4-7-15-34(31)44-43(46-38)30-24-20-27(21-25-30)26-18-22-29(23-19-26)39-41-37(32-13-5-8-16-35(32)47-41)42-40(45-39)33-14-6-9-17-36(33)48-42/h1-25H. The maximum absolute atomic E-state index is 6.51. The molecule has 224 valence electrons. The fourth-order valence-electron chi connectivity index (χ4n) is 6.76. The molecular formula is C43H25N3OS. The summed E-state index contributed by atoms with van der Waals surface area (Å²) in [5.41, 5.74) is 10.8. The molecule has 4 aromatic heterocycles. The third kappa shape index (κ3) is 4.25. The molecule has 0 atom stereocenters. The van der Waals surface area contributed by atoms with Crippen molar-refractivity contribution in [2.75, 3.05) is 0 Å². The maximum Gasteiger partial charge on any atom is 0.163 e. The highest BCUT2D eigenvalue weighted by Gasteiger charge is 2.20. The van der Waals surface area contributed by atoms with E-state index in [1.54, 1.807) is 11.3 Å². The molecule has 0 saturated carbocycles. The first-order valence-electron chi connectivity index (χ1n) is 15.9. The summed E-state index contributed by atoms with van der Waals surface area (Å²) in [6, 6.07) is 52.4. The van der Waals surface area contributed by atoms with Gasteiger partial charge in [-0.3, -0.25) is 0 Å². The van der Waals surface area contributed by atoms with Crippen LogP contribution in [-0.2, 0) is 0 Å². The molecule has 0 unspecified atom stereocenters. The van der Waals surface area contributed by atoms with E-state index in [1.807, 2.05) is 42.5 Å². The van der Waals surface area contributed by atoms with Crippen LogP contribution in [-0.4, -0.2) is 15.0 Å². The predicted molar refractivity (Wildman–Crippen MR) is 199 cm³/mol. The second-order valence-corrected chi connectivity index (χ2v) is 13.0. The molecule has 0 aliphatic heterocycles. The molecule has 10 rings (SSSR count). The number of fused-ring (bicyclic) bond motifs is 8. The largest absolute Gasteiger partial charge is 0.454 e. The monoisotopic (exact) mass is 631 g/mol. The van der Waals surface area contributed by atoms with Crippen molar-refractivity contribution in [3.63, 3.8) is 0 Å². The molecule has 0 aliphatic rings. The van der Waals surface area contributed by atoms with Crippen molar-refractivity contribution in [1.29, 1.82) is 0 Å². The van der Waals surface area contributed by atoms with E-state index in [4.69, 9.17) is 19.4 Å². The van der Waals surface area contributed by atoms with Crippen molar-refractivity contribution < 1.29 is 4.42 Å². The van der Waals surface area contributed by atoms with Crippen LogP contribution in [0.25, 0.3) is 98.2 Å². The summed E-state index contributed by atoms with van der Waals surface area (Å²) >= 11 is 1.78. The smallest absolute Gasteiger partial charge is 0.163 e. The minimum absolute atomic E-state index is 0.715. The fourth-order valence-corrected chi connectivity index (χ4v) is 7.96. The summed E-state index contributed by atoms with van der Waals surface area (Å²) < 4.78 is 8.91. The van der Waals surface area contributed by atoms with E-state index in [1.165, 1.54) is 14.8 Å². The number of nitrogens with zero attached hydrogens (tertiary/aromatic N) is 3. The minimum atomic E-state index is 0.715. The SMILES string of the molecule is c1ccc(-c2nc(-c3ccc(-c4ccc(-c5nc6c7ccccc7sc6c6c5oc5ccccc56)cc4)cc3)nc3ccccc23)cc1. The number of pyridine rings is 1.